The second-order valence-corrected chi connectivity index (χ2v) is 5.36. The zero-order valence-corrected chi connectivity index (χ0v) is 11.8. The first kappa shape index (κ1) is 13.4. The number of H-pyrrole nitrogens is 1. The number of anilines is 2. The topological polar surface area (TPSA) is 78.1 Å². The van der Waals surface area contributed by atoms with Gasteiger partial charge >= 0.3 is 0 Å². The van der Waals surface area contributed by atoms with Gasteiger partial charge in [-0.15, -0.1) is 0 Å². The summed E-state index contributed by atoms with van der Waals surface area (Å²) >= 11 is 0. The van der Waals surface area contributed by atoms with Gasteiger partial charge in [0, 0.05) is 6.20 Å². The molecule has 21 heavy (non-hydrogen) atoms. The Bertz CT molecular complexity index is 679. The Labute approximate surface area is 122 Å². The summed E-state index contributed by atoms with van der Waals surface area (Å²) in [6.07, 6.45) is 3.00. The molecular weight excluding hydrogens is 268 g/mol. The maximum Gasteiger partial charge on any atom is 0.262 e. The van der Waals surface area contributed by atoms with Gasteiger partial charge in [0.25, 0.3) is 5.91 Å². The number of amides is 2. The number of rotatable bonds is 2. The molecule has 2 amide bonds. The van der Waals surface area contributed by atoms with Crippen molar-refractivity contribution in [1.29, 1.82) is 0 Å². The molecule has 0 bridgehead atoms. The molecule has 0 fully saturated rings. The van der Waals surface area contributed by atoms with Crippen LogP contribution in [0.25, 0.3) is 0 Å². The first-order valence-corrected chi connectivity index (χ1v) is 6.82. The molecule has 1 aromatic heterocycles. The molecule has 1 aromatic carbocycles. The minimum atomic E-state index is -0.540. The van der Waals surface area contributed by atoms with Crippen molar-refractivity contribution in [2.45, 2.75) is 19.9 Å². The number of nitrogens with one attached hydrogen (secondary N) is 2. The third-order valence-electron chi connectivity index (χ3n) is 3.56. The molecule has 0 radical (unpaired) electrons. The number of hydrogen-bond donors (Lipinski definition) is 2. The average molecular weight is 284 g/mol. The third-order valence-corrected chi connectivity index (χ3v) is 3.56. The number of hydrogen-bond acceptors (Lipinski definition) is 3. The molecule has 0 spiro atoms. The predicted octanol–water partition coefficient (Wildman–Crippen LogP) is 2.03. The van der Waals surface area contributed by atoms with Crippen molar-refractivity contribution in [1.82, 2.24) is 10.2 Å². The molecule has 1 aliphatic heterocycles. The average Bonchev–Trinajstić information content (AvgIpc) is 2.98. The van der Waals surface area contributed by atoms with Crippen molar-refractivity contribution >= 4 is 23.2 Å². The second kappa shape index (κ2) is 5.05. The lowest BCUT2D eigenvalue weighted by Crippen LogP contribution is -2.53. The zero-order chi connectivity index (χ0) is 15.0. The van der Waals surface area contributed by atoms with Gasteiger partial charge in [0.2, 0.25) is 5.91 Å². The summed E-state index contributed by atoms with van der Waals surface area (Å²) in [4.78, 5) is 26.7. The highest BCUT2D eigenvalue weighted by Gasteiger charge is 2.39. The van der Waals surface area contributed by atoms with Gasteiger partial charge in [0.15, 0.2) is 0 Å². The standard InChI is InChI=1S/C15H16N4O2/c1-9(2)13-14(20)18-11-5-3-4-6-12(11)19(13)15(21)10-7-16-17-8-10/h3-9,13H,1-2H3,(H,16,17)(H,18,20). The van der Waals surface area contributed by atoms with E-state index in [1.165, 1.54) is 12.4 Å². The molecule has 1 atom stereocenters. The fraction of sp³-hybridized carbons (Fsp3) is 0.267. The van der Waals surface area contributed by atoms with Crippen molar-refractivity contribution in [3.63, 3.8) is 0 Å². The Morgan fingerprint density at radius 1 is 1.33 bits per heavy atom. The second-order valence-electron chi connectivity index (χ2n) is 5.36. The lowest BCUT2D eigenvalue weighted by Gasteiger charge is -2.38. The van der Waals surface area contributed by atoms with E-state index in [4.69, 9.17) is 0 Å². The smallest absolute Gasteiger partial charge is 0.262 e. The van der Waals surface area contributed by atoms with E-state index in [9.17, 15) is 9.59 Å². The number of nitrogens with zero attached hydrogens (tertiary/aromatic N) is 2. The van der Waals surface area contributed by atoms with Crippen molar-refractivity contribution in [2.24, 2.45) is 5.92 Å². The van der Waals surface area contributed by atoms with E-state index in [1.54, 1.807) is 11.0 Å². The lowest BCUT2D eigenvalue weighted by atomic mass is 9.97. The van der Waals surface area contributed by atoms with Crippen LogP contribution in [0.15, 0.2) is 36.7 Å². The van der Waals surface area contributed by atoms with Crippen LogP contribution >= 0.6 is 0 Å². The summed E-state index contributed by atoms with van der Waals surface area (Å²) < 4.78 is 0. The van der Waals surface area contributed by atoms with Gasteiger partial charge in [-0.05, 0) is 18.1 Å². The quantitative estimate of drug-likeness (QED) is 0.885. The number of carbonyl (C=O) groups excluding carboxylic acids is 2. The van der Waals surface area contributed by atoms with Crippen molar-refractivity contribution in [2.75, 3.05) is 10.2 Å². The molecule has 2 heterocycles. The molecule has 6 nitrogen and oxygen atoms in total. The molecule has 1 aliphatic rings. The van der Waals surface area contributed by atoms with Gasteiger partial charge in [0.1, 0.15) is 6.04 Å². The number of para-hydroxylation sites is 2. The van der Waals surface area contributed by atoms with Gasteiger partial charge in [-0.25, -0.2) is 0 Å². The van der Waals surface area contributed by atoms with E-state index in [1.807, 2.05) is 32.0 Å². The molecule has 3 rings (SSSR count). The summed E-state index contributed by atoms with van der Waals surface area (Å²) in [5.74, 6) is -0.403. The Morgan fingerprint density at radius 3 is 2.76 bits per heavy atom. The predicted molar refractivity (Wildman–Crippen MR) is 79.1 cm³/mol. The van der Waals surface area contributed by atoms with Gasteiger partial charge in [-0.2, -0.15) is 5.10 Å². The largest absolute Gasteiger partial charge is 0.322 e. The van der Waals surface area contributed by atoms with Crippen molar-refractivity contribution in [3.8, 4) is 0 Å². The van der Waals surface area contributed by atoms with Gasteiger partial charge < -0.3 is 5.32 Å². The van der Waals surface area contributed by atoms with Crippen molar-refractivity contribution < 1.29 is 9.59 Å². The fourth-order valence-corrected chi connectivity index (χ4v) is 2.61. The SMILES string of the molecule is CC(C)C1C(=O)Nc2ccccc2N1C(=O)c1cn[nH]c1. The third kappa shape index (κ3) is 2.18. The molecule has 0 saturated heterocycles. The number of aromatic nitrogens is 2. The highest BCUT2D eigenvalue weighted by atomic mass is 16.2. The number of fused-ring (bicyclic) bond motifs is 1. The maximum atomic E-state index is 12.8. The van der Waals surface area contributed by atoms with Crippen LogP contribution in [0, 0.1) is 5.92 Å². The summed E-state index contributed by atoms with van der Waals surface area (Å²) in [5.41, 5.74) is 1.79. The minimum Gasteiger partial charge on any atom is -0.322 e. The summed E-state index contributed by atoms with van der Waals surface area (Å²) in [5, 5.41) is 9.31. The van der Waals surface area contributed by atoms with E-state index in [0.717, 1.165) is 0 Å². The molecule has 0 saturated carbocycles. The molecule has 2 aromatic rings. The van der Waals surface area contributed by atoms with Crippen LogP contribution in [0.2, 0.25) is 0 Å². The Hall–Kier alpha value is -2.63. The highest BCUT2D eigenvalue weighted by molar-refractivity contribution is 6.16. The lowest BCUT2D eigenvalue weighted by molar-refractivity contribution is -0.118. The highest BCUT2D eigenvalue weighted by Crippen LogP contribution is 2.35. The molecule has 0 aliphatic carbocycles. The molecule has 6 heteroatoms. The Kier molecular flexibility index (Phi) is 3.21. The van der Waals surface area contributed by atoms with Gasteiger partial charge in [0.05, 0.1) is 23.1 Å². The minimum absolute atomic E-state index is 0.00536. The Morgan fingerprint density at radius 2 is 2.10 bits per heavy atom. The van der Waals surface area contributed by atoms with Crippen LogP contribution in [0.4, 0.5) is 11.4 Å². The number of aromatic amines is 1. The van der Waals surface area contributed by atoms with E-state index in [2.05, 4.69) is 15.5 Å². The van der Waals surface area contributed by atoms with Crippen LogP contribution in [0.1, 0.15) is 24.2 Å². The molecule has 1 unspecified atom stereocenters. The summed E-state index contributed by atoms with van der Waals surface area (Å²) in [7, 11) is 0. The number of benzene rings is 1. The van der Waals surface area contributed by atoms with Crippen LogP contribution in [0.5, 0.6) is 0 Å². The van der Waals surface area contributed by atoms with E-state index < -0.39 is 6.04 Å². The first-order valence-electron chi connectivity index (χ1n) is 6.82. The van der Waals surface area contributed by atoms with E-state index in [0.29, 0.717) is 16.9 Å². The van der Waals surface area contributed by atoms with Crippen LogP contribution in [-0.4, -0.2) is 28.1 Å². The van der Waals surface area contributed by atoms with Crippen molar-refractivity contribution in [3.05, 3.63) is 42.2 Å². The van der Waals surface area contributed by atoms with E-state index in [-0.39, 0.29) is 17.7 Å². The molecule has 108 valence electrons. The fourth-order valence-electron chi connectivity index (χ4n) is 2.61. The van der Waals surface area contributed by atoms with E-state index >= 15 is 0 Å². The molecular formula is C15H16N4O2. The normalized spacial score (nSPS) is 17.6. The van der Waals surface area contributed by atoms with Gasteiger partial charge in [-0.1, -0.05) is 26.0 Å². The van der Waals surface area contributed by atoms with Gasteiger partial charge in [-0.3, -0.25) is 19.6 Å². The van der Waals surface area contributed by atoms with Crippen LogP contribution in [0.3, 0.4) is 0 Å². The Balaban J connectivity index is 2.12. The first-order chi connectivity index (χ1) is 10.1. The summed E-state index contributed by atoms with van der Waals surface area (Å²) in [6, 6.07) is 6.77. The maximum absolute atomic E-state index is 12.8. The number of carbonyl (C=O) groups is 2. The van der Waals surface area contributed by atoms with Crippen LogP contribution < -0.4 is 10.2 Å². The molecule has 2 N–H and O–H groups in total. The zero-order valence-electron chi connectivity index (χ0n) is 11.8. The van der Waals surface area contributed by atoms with Crippen LogP contribution in [-0.2, 0) is 4.79 Å². The monoisotopic (exact) mass is 284 g/mol. The summed E-state index contributed by atoms with van der Waals surface area (Å²) in [6.45, 7) is 3.85.